The molecular formula is C56H37BN2SSi. The molecule has 0 N–H and O–H groups in total. The minimum atomic E-state index is -3.02. The molecule has 0 amide bonds. The van der Waals surface area contributed by atoms with Crippen LogP contribution in [-0.2, 0) is 0 Å². The molecule has 0 unspecified atom stereocenters. The maximum atomic E-state index is 2.66. The fourth-order valence-corrected chi connectivity index (χ4v) is 17.4. The minimum Gasteiger partial charge on any atom is -0.310 e. The Hall–Kier alpha value is -7.05. The van der Waals surface area contributed by atoms with E-state index in [-0.39, 0.29) is 6.71 Å². The zero-order valence-corrected chi connectivity index (χ0v) is 35.1. The molecule has 284 valence electrons. The van der Waals surface area contributed by atoms with Crippen molar-refractivity contribution in [2.75, 3.05) is 9.80 Å². The number of nitrogens with zero attached hydrogens (tertiary/aromatic N) is 2. The van der Waals surface area contributed by atoms with Crippen LogP contribution in [0.4, 0.5) is 34.1 Å². The molecule has 10 aromatic rings. The first-order valence-electron chi connectivity index (χ1n) is 21.1. The quantitative estimate of drug-likeness (QED) is 0.129. The molecule has 0 spiro atoms. The minimum absolute atomic E-state index is 0.0471. The Morgan fingerprint density at radius 3 is 1.72 bits per heavy atom. The van der Waals surface area contributed by atoms with Crippen molar-refractivity contribution < 1.29 is 0 Å². The third-order valence-electron chi connectivity index (χ3n) is 13.3. The van der Waals surface area contributed by atoms with E-state index in [1.807, 2.05) is 11.8 Å². The molecule has 13 rings (SSSR count). The molecule has 0 saturated heterocycles. The average Bonchev–Trinajstić information content (AvgIpc) is 3.33. The van der Waals surface area contributed by atoms with Gasteiger partial charge in [-0.25, -0.2) is 0 Å². The van der Waals surface area contributed by atoms with Gasteiger partial charge in [-0.05, 0) is 102 Å². The summed E-state index contributed by atoms with van der Waals surface area (Å²) in [5, 5.41) is 10.7. The van der Waals surface area contributed by atoms with Crippen LogP contribution in [0, 0.1) is 0 Å². The number of benzene rings is 10. The van der Waals surface area contributed by atoms with Gasteiger partial charge in [0.2, 0.25) is 6.71 Å². The lowest BCUT2D eigenvalue weighted by molar-refractivity contribution is 1.15. The first-order chi connectivity index (χ1) is 30.3. The van der Waals surface area contributed by atoms with E-state index in [0.717, 1.165) is 5.69 Å². The molecule has 0 atom stereocenters. The summed E-state index contributed by atoms with van der Waals surface area (Å²) in [5.74, 6) is 0. The topological polar surface area (TPSA) is 6.48 Å². The largest absolute Gasteiger partial charge is 0.310 e. The summed E-state index contributed by atoms with van der Waals surface area (Å²) in [7, 11) is -3.02. The fraction of sp³-hybridized carbons (Fsp3) is 0. The summed E-state index contributed by atoms with van der Waals surface area (Å²) < 4.78 is 0. The van der Waals surface area contributed by atoms with E-state index in [0.29, 0.717) is 0 Å². The van der Waals surface area contributed by atoms with Gasteiger partial charge < -0.3 is 9.80 Å². The van der Waals surface area contributed by atoms with Gasteiger partial charge in [-0.2, -0.15) is 0 Å². The Labute approximate surface area is 361 Å². The number of para-hydroxylation sites is 3. The van der Waals surface area contributed by atoms with Gasteiger partial charge in [-0.15, -0.1) is 0 Å². The van der Waals surface area contributed by atoms with Gasteiger partial charge in [0, 0.05) is 21.7 Å². The van der Waals surface area contributed by atoms with Crippen molar-refractivity contribution in [1.82, 2.24) is 0 Å². The second-order valence-electron chi connectivity index (χ2n) is 16.4. The van der Waals surface area contributed by atoms with Gasteiger partial charge in [0.15, 0.2) is 8.07 Å². The Morgan fingerprint density at radius 1 is 0.393 bits per heavy atom. The standard InChI is InChI=1S/C56H37BN2SSi/c1-4-22-41(23-5-1)58-48-30-14-12-28-45(48)57-46-29-13-17-34-52(46)61(42-24-6-2-7-25-42,43-26-8-3-9-27-43)53-37-50-56(55(58)54(53)57)60-51-33-16-15-31-49(51)59(50)47-32-18-21-40-35-38-19-10-11-20-39(38)36-44(40)47/h1-37H. The highest BCUT2D eigenvalue weighted by Gasteiger charge is 2.54. The molecule has 0 saturated carbocycles. The molecular weight excluding hydrogens is 772 g/mol. The van der Waals surface area contributed by atoms with Crippen LogP contribution >= 0.6 is 11.8 Å². The van der Waals surface area contributed by atoms with E-state index in [9.17, 15) is 0 Å². The zero-order chi connectivity index (χ0) is 40.1. The molecule has 61 heavy (non-hydrogen) atoms. The summed E-state index contributed by atoms with van der Waals surface area (Å²) in [6, 6.07) is 84.7. The number of hydrogen-bond acceptors (Lipinski definition) is 3. The van der Waals surface area contributed by atoms with Crippen LogP contribution in [0.2, 0.25) is 0 Å². The van der Waals surface area contributed by atoms with Crippen LogP contribution in [0.1, 0.15) is 0 Å². The van der Waals surface area contributed by atoms with Crippen molar-refractivity contribution in [3.63, 3.8) is 0 Å². The number of rotatable bonds is 4. The highest BCUT2D eigenvalue weighted by Crippen LogP contribution is 2.57. The van der Waals surface area contributed by atoms with Gasteiger partial charge in [0.25, 0.3) is 0 Å². The summed E-state index contributed by atoms with van der Waals surface area (Å²) in [4.78, 5) is 7.73. The average molecular weight is 809 g/mol. The van der Waals surface area contributed by atoms with Crippen molar-refractivity contribution in [1.29, 1.82) is 0 Å². The van der Waals surface area contributed by atoms with Crippen LogP contribution < -0.4 is 46.9 Å². The maximum Gasteiger partial charge on any atom is 0.246 e. The van der Waals surface area contributed by atoms with E-state index < -0.39 is 8.07 Å². The highest BCUT2D eigenvalue weighted by atomic mass is 32.2. The van der Waals surface area contributed by atoms with Crippen LogP contribution in [0.5, 0.6) is 0 Å². The smallest absolute Gasteiger partial charge is 0.246 e. The van der Waals surface area contributed by atoms with Crippen molar-refractivity contribution in [3.8, 4) is 0 Å². The van der Waals surface area contributed by atoms with Gasteiger partial charge in [0.1, 0.15) is 0 Å². The molecule has 3 heterocycles. The molecule has 0 aromatic heterocycles. The molecule has 10 aromatic carbocycles. The first-order valence-corrected chi connectivity index (χ1v) is 23.9. The van der Waals surface area contributed by atoms with Crippen molar-refractivity contribution in [2.45, 2.75) is 9.79 Å². The molecule has 5 heteroatoms. The number of hydrogen-bond donors (Lipinski definition) is 0. The normalized spacial score (nSPS) is 14.2. The third kappa shape index (κ3) is 4.93. The lowest BCUT2D eigenvalue weighted by Crippen LogP contribution is -2.87. The van der Waals surface area contributed by atoms with Gasteiger partial charge in [-0.1, -0.05) is 187 Å². The second kappa shape index (κ2) is 13.5. The Balaban J connectivity index is 1.24. The Kier molecular flexibility index (Phi) is 7.69. The van der Waals surface area contributed by atoms with E-state index >= 15 is 0 Å². The van der Waals surface area contributed by atoms with Crippen molar-refractivity contribution >= 4 is 119 Å². The molecule has 3 aliphatic rings. The number of anilines is 6. The molecule has 0 bridgehead atoms. The van der Waals surface area contributed by atoms with Crippen molar-refractivity contribution in [3.05, 3.63) is 224 Å². The van der Waals surface area contributed by atoms with E-state index in [1.54, 1.807) is 0 Å². The van der Waals surface area contributed by atoms with Crippen LogP contribution in [0.15, 0.2) is 234 Å². The third-order valence-corrected chi connectivity index (χ3v) is 19.4. The zero-order valence-electron chi connectivity index (χ0n) is 33.2. The Bertz CT molecular complexity index is 3330. The molecule has 0 aliphatic carbocycles. The van der Waals surface area contributed by atoms with Gasteiger partial charge in [0.05, 0.1) is 27.6 Å². The predicted molar refractivity (Wildman–Crippen MR) is 263 cm³/mol. The second-order valence-corrected chi connectivity index (χ2v) is 21.2. The monoisotopic (exact) mass is 808 g/mol. The lowest BCUT2D eigenvalue weighted by atomic mass is 9.34. The van der Waals surface area contributed by atoms with E-state index in [1.165, 1.54) is 96.9 Å². The summed E-state index contributed by atoms with van der Waals surface area (Å²) in [6.45, 7) is 0.0471. The van der Waals surface area contributed by atoms with Gasteiger partial charge >= 0.3 is 0 Å². The summed E-state index contributed by atoms with van der Waals surface area (Å²) in [5.41, 5.74) is 11.5. The summed E-state index contributed by atoms with van der Waals surface area (Å²) >= 11 is 1.93. The Morgan fingerprint density at radius 2 is 0.967 bits per heavy atom. The highest BCUT2D eigenvalue weighted by molar-refractivity contribution is 8.00. The van der Waals surface area contributed by atoms with E-state index in [4.69, 9.17) is 0 Å². The molecule has 0 radical (unpaired) electrons. The molecule has 3 aliphatic heterocycles. The number of fused-ring (bicyclic) bond motifs is 9. The van der Waals surface area contributed by atoms with Crippen LogP contribution in [-0.4, -0.2) is 14.8 Å². The maximum absolute atomic E-state index is 3.02. The van der Waals surface area contributed by atoms with Gasteiger partial charge in [-0.3, -0.25) is 0 Å². The van der Waals surface area contributed by atoms with Crippen LogP contribution in [0.25, 0.3) is 21.5 Å². The van der Waals surface area contributed by atoms with Crippen molar-refractivity contribution in [2.24, 2.45) is 0 Å². The van der Waals surface area contributed by atoms with Crippen LogP contribution in [0.3, 0.4) is 0 Å². The lowest BCUT2D eigenvalue weighted by Gasteiger charge is -2.49. The first kappa shape index (κ1) is 34.8. The fourth-order valence-electron chi connectivity index (χ4n) is 10.9. The van der Waals surface area contributed by atoms with E-state index in [2.05, 4.69) is 234 Å². The molecule has 0 fully saturated rings. The molecule has 2 nitrogen and oxygen atoms in total. The summed E-state index contributed by atoms with van der Waals surface area (Å²) in [6.07, 6.45) is 0. The SMILES string of the molecule is c1ccc(N2c3ccccc3B3c4ccccc4[Si](c4ccccc4)(c4ccccc4)c4cc5c(c2c43)Sc2ccccc2N5c2cccc3cc4ccccc4cc23)cc1. The predicted octanol–water partition coefficient (Wildman–Crippen LogP) is 9.92.